The van der Waals surface area contributed by atoms with Crippen LogP contribution in [0.25, 0.3) is 0 Å². The van der Waals surface area contributed by atoms with Crippen LogP contribution in [0.5, 0.6) is 0 Å². The molecule has 1 N–H and O–H groups in total. The van der Waals surface area contributed by atoms with Crippen LogP contribution in [-0.2, 0) is 24.2 Å². The Bertz CT molecular complexity index is 953. The van der Waals surface area contributed by atoms with Crippen molar-refractivity contribution in [2.75, 3.05) is 31.7 Å². The van der Waals surface area contributed by atoms with Crippen LogP contribution in [0.1, 0.15) is 35.2 Å². The quantitative estimate of drug-likeness (QED) is 0.531. The maximum absolute atomic E-state index is 12.6. The largest absolute Gasteiger partial charge is 0.348 e. The van der Waals surface area contributed by atoms with E-state index >= 15 is 0 Å². The first-order valence-corrected chi connectivity index (χ1v) is 11.1. The Morgan fingerprint density at radius 3 is 2.83 bits per heavy atom. The summed E-state index contributed by atoms with van der Waals surface area (Å²) in [4.78, 5) is 31.5. The maximum atomic E-state index is 12.6. The molecule has 7 heteroatoms. The van der Waals surface area contributed by atoms with E-state index in [-0.39, 0.29) is 17.3 Å². The number of aromatic nitrogens is 2. The lowest BCUT2D eigenvalue weighted by molar-refractivity contribution is -0.113. The maximum Gasteiger partial charge on any atom is 0.348 e. The third kappa shape index (κ3) is 5.48. The fourth-order valence-corrected chi connectivity index (χ4v) is 4.55. The normalized spacial score (nSPS) is 13.0. The van der Waals surface area contributed by atoms with Crippen LogP contribution in [0.2, 0.25) is 0 Å². The van der Waals surface area contributed by atoms with Crippen molar-refractivity contribution in [3.8, 4) is 0 Å². The lowest BCUT2D eigenvalue weighted by atomic mass is 10.1. The first kappa shape index (κ1) is 21.6. The molecule has 0 saturated carbocycles. The number of fused-ring (bicyclic) bond motifs is 1. The number of benzene rings is 1. The molecule has 0 fully saturated rings. The minimum atomic E-state index is -0.193. The van der Waals surface area contributed by atoms with Gasteiger partial charge in [0.05, 0.1) is 5.75 Å². The molecule has 1 aliphatic rings. The molecule has 1 amide bonds. The molecule has 1 aromatic carbocycles. The van der Waals surface area contributed by atoms with E-state index in [4.69, 9.17) is 0 Å². The summed E-state index contributed by atoms with van der Waals surface area (Å²) in [5.41, 5.74) is 5.05. The van der Waals surface area contributed by atoms with Gasteiger partial charge in [-0.25, -0.2) is 4.79 Å². The Kier molecular flexibility index (Phi) is 7.14. The Morgan fingerprint density at radius 1 is 1.28 bits per heavy atom. The smallest absolute Gasteiger partial charge is 0.325 e. The number of hydrogen-bond donors (Lipinski definition) is 1. The summed E-state index contributed by atoms with van der Waals surface area (Å²) in [6.07, 6.45) is 3.80. The van der Waals surface area contributed by atoms with E-state index in [0.717, 1.165) is 65.3 Å². The first-order valence-electron chi connectivity index (χ1n) is 10.1. The molecule has 2 aromatic rings. The average molecular weight is 415 g/mol. The summed E-state index contributed by atoms with van der Waals surface area (Å²) in [6.45, 7) is 5.62. The second-order valence-corrected chi connectivity index (χ2v) is 8.91. The van der Waals surface area contributed by atoms with Gasteiger partial charge in [-0.2, -0.15) is 4.98 Å². The second kappa shape index (κ2) is 9.59. The summed E-state index contributed by atoms with van der Waals surface area (Å²) in [6, 6.07) is 6.01. The van der Waals surface area contributed by atoms with Crippen molar-refractivity contribution >= 4 is 23.4 Å². The molecular formula is C22H30N4O2S. The van der Waals surface area contributed by atoms with E-state index in [1.165, 1.54) is 11.8 Å². The van der Waals surface area contributed by atoms with Crippen molar-refractivity contribution in [3.63, 3.8) is 0 Å². The number of carbonyl (C=O) groups is 1. The number of carbonyl (C=O) groups excluding carboxylic acids is 1. The minimum Gasteiger partial charge on any atom is -0.325 e. The molecule has 0 aliphatic heterocycles. The molecule has 0 radical (unpaired) electrons. The molecule has 1 heterocycles. The molecule has 0 atom stereocenters. The molecule has 0 bridgehead atoms. The number of amides is 1. The van der Waals surface area contributed by atoms with E-state index in [1.54, 1.807) is 0 Å². The average Bonchev–Trinajstić information content (AvgIpc) is 3.14. The topological polar surface area (TPSA) is 67.2 Å². The van der Waals surface area contributed by atoms with Gasteiger partial charge in [0.25, 0.3) is 0 Å². The third-order valence-electron chi connectivity index (χ3n) is 5.19. The van der Waals surface area contributed by atoms with Crippen LogP contribution >= 0.6 is 11.8 Å². The van der Waals surface area contributed by atoms with Crippen LogP contribution < -0.4 is 11.0 Å². The van der Waals surface area contributed by atoms with Crippen molar-refractivity contribution in [2.45, 2.75) is 51.1 Å². The predicted octanol–water partition coefficient (Wildman–Crippen LogP) is 3.03. The van der Waals surface area contributed by atoms with E-state index in [1.807, 2.05) is 50.7 Å². The van der Waals surface area contributed by atoms with Crippen molar-refractivity contribution in [1.29, 1.82) is 0 Å². The van der Waals surface area contributed by atoms with Crippen molar-refractivity contribution in [2.24, 2.45) is 0 Å². The predicted molar refractivity (Wildman–Crippen MR) is 119 cm³/mol. The van der Waals surface area contributed by atoms with Crippen LogP contribution in [0.4, 0.5) is 5.69 Å². The lowest BCUT2D eigenvalue weighted by Crippen LogP contribution is -2.29. The molecule has 0 spiro atoms. The number of rotatable bonds is 8. The highest BCUT2D eigenvalue weighted by atomic mass is 32.2. The monoisotopic (exact) mass is 414 g/mol. The number of nitrogens with zero attached hydrogens (tertiary/aromatic N) is 3. The third-order valence-corrected chi connectivity index (χ3v) is 6.21. The number of nitrogens with one attached hydrogen (secondary N) is 1. The van der Waals surface area contributed by atoms with E-state index in [0.29, 0.717) is 6.54 Å². The van der Waals surface area contributed by atoms with Crippen molar-refractivity contribution in [3.05, 3.63) is 51.1 Å². The Labute approximate surface area is 176 Å². The van der Waals surface area contributed by atoms with Crippen LogP contribution in [-0.4, -0.2) is 46.8 Å². The fourth-order valence-electron chi connectivity index (χ4n) is 3.67. The van der Waals surface area contributed by atoms with E-state index in [9.17, 15) is 9.59 Å². The highest BCUT2D eigenvalue weighted by Gasteiger charge is 2.22. The molecule has 6 nitrogen and oxygen atoms in total. The fraction of sp³-hybridized carbons (Fsp3) is 0.500. The summed E-state index contributed by atoms with van der Waals surface area (Å²) < 4.78 is 1.84. The summed E-state index contributed by atoms with van der Waals surface area (Å²) in [7, 11) is 4.07. The van der Waals surface area contributed by atoms with Gasteiger partial charge in [0.15, 0.2) is 0 Å². The van der Waals surface area contributed by atoms with Gasteiger partial charge >= 0.3 is 5.69 Å². The highest BCUT2D eigenvalue weighted by Crippen LogP contribution is 2.29. The van der Waals surface area contributed by atoms with Crippen molar-refractivity contribution < 1.29 is 4.79 Å². The molecule has 29 heavy (non-hydrogen) atoms. The number of aryl methyl sites for hydroxylation is 2. The number of anilines is 1. The Morgan fingerprint density at radius 2 is 2.07 bits per heavy atom. The summed E-state index contributed by atoms with van der Waals surface area (Å²) >= 11 is 1.37. The SMILES string of the molecule is Cc1ccc(C)c(NC(=O)CSc2nc(=O)n(CCCN(C)C)c3c2CCC3)c1. The zero-order valence-corrected chi connectivity index (χ0v) is 18.6. The van der Waals surface area contributed by atoms with Gasteiger partial charge in [0, 0.05) is 23.5 Å². The van der Waals surface area contributed by atoms with E-state index in [2.05, 4.69) is 15.2 Å². The zero-order valence-electron chi connectivity index (χ0n) is 17.7. The molecule has 156 valence electrons. The molecular weight excluding hydrogens is 384 g/mol. The minimum absolute atomic E-state index is 0.0765. The molecule has 1 aromatic heterocycles. The van der Waals surface area contributed by atoms with Gasteiger partial charge in [-0.05, 0) is 77.4 Å². The Hall–Kier alpha value is -2.12. The number of thioether (sulfide) groups is 1. The molecule has 0 saturated heterocycles. The van der Waals surface area contributed by atoms with Crippen LogP contribution in [0.15, 0.2) is 28.0 Å². The van der Waals surface area contributed by atoms with Crippen LogP contribution in [0, 0.1) is 13.8 Å². The highest BCUT2D eigenvalue weighted by molar-refractivity contribution is 8.00. The number of hydrogen-bond acceptors (Lipinski definition) is 5. The lowest BCUT2D eigenvalue weighted by Gasteiger charge is -2.15. The van der Waals surface area contributed by atoms with Gasteiger partial charge in [0.2, 0.25) is 5.91 Å². The van der Waals surface area contributed by atoms with E-state index < -0.39 is 0 Å². The molecule has 0 unspecified atom stereocenters. The molecule has 1 aliphatic carbocycles. The van der Waals surface area contributed by atoms with Crippen molar-refractivity contribution in [1.82, 2.24) is 14.5 Å². The summed E-state index contributed by atoms with van der Waals surface area (Å²) in [5, 5.41) is 3.70. The van der Waals surface area contributed by atoms with Gasteiger partial charge < -0.3 is 10.2 Å². The van der Waals surface area contributed by atoms with Crippen LogP contribution in [0.3, 0.4) is 0 Å². The summed E-state index contributed by atoms with van der Waals surface area (Å²) in [5.74, 6) is 0.170. The molecule has 3 rings (SSSR count). The van der Waals surface area contributed by atoms with Gasteiger partial charge in [-0.3, -0.25) is 9.36 Å². The standard InChI is InChI=1S/C22H30N4O2S/c1-15-9-10-16(2)18(13-15)23-20(27)14-29-21-17-7-5-8-19(17)26(22(28)24-21)12-6-11-25(3)4/h9-10,13H,5-8,11-12,14H2,1-4H3,(H,23,27). The van der Waals surface area contributed by atoms with Gasteiger partial charge in [0.1, 0.15) is 5.03 Å². The zero-order chi connectivity index (χ0) is 21.0. The van der Waals surface area contributed by atoms with Gasteiger partial charge in [-0.1, -0.05) is 23.9 Å². The second-order valence-electron chi connectivity index (χ2n) is 7.94. The van der Waals surface area contributed by atoms with Gasteiger partial charge in [-0.15, -0.1) is 0 Å². The Balaban J connectivity index is 1.69. The first-order chi connectivity index (χ1) is 13.8.